The van der Waals surface area contributed by atoms with Crippen molar-refractivity contribution in [3.8, 4) is 0 Å². The molecule has 0 radical (unpaired) electrons. The molecule has 4 heteroatoms. The summed E-state index contributed by atoms with van der Waals surface area (Å²) in [5.74, 6) is -0.185. The number of benzene rings is 3. The number of Topliss-reactive ketones (excluding diaryl/α,β-unsaturated/α-hetero) is 1. The normalized spacial score (nSPS) is 21.2. The predicted molar refractivity (Wildman–Crippen MR) is 121 cm³/mol. The molecule has 1 heterocycles. The molecule has 0 N–H and O–H groups in total. The maximum atomic E-state index is 13.5. The van der Waals surface area contributed by atoms with Gasteiger partial charge >= 0.3 is 0 Å². The number of rotatable bonds is 4. The van der Waals surface area contributed by atoms with Gasteiger partial charge in [-0.05, 0) is 16.7 Å². The molecular formula is C27H26N2O2. The van der Waals surface area contributed by atoms with Gasteiger partial charge in [-0.1, -0.05) is 84.9 Å². The zero-order valence-corrected chi connectivity index (χ0v) is 17.5. The monoisotopic (exact) mass is 410 g/mol. The molecule has 0 bridgehead atoms. The summed E-state index contributed by atoms with van der Waals surface area (Å²) < 4.78 is 0. The van der Waals surface area contributed by atoms with E-state index in [2.05, 4.69) is 53.4 Å². The van der Waals surface area contributed by atoms with Crippen molar-refractivity contribution in [2.45, 2.75) is 24.9 Å². The Morgan fingerprint density at radius 2 is 1.52 bits per heavy atom. The molecule has 4 nitrogen and oxygen atoms in total. The number of carbonyl (C=O) groups excluding carboxylic acids is 2. The second-order valence-corrected chi connectivity index (χ2v) is 8.43. The lowest BCUT2D eigenvalue weighted by Crippen LogP contribution is -2.51. The summed E-state index contributed by atoms with van der Waals surface area (Å²) in [6.07, 6.45) is 0.290. The molecule has 0 saturated carbocycles. The molecule has 2 atom stereocenters. The van der Waals surface area contributed by atoms with Crippen molar-refractivity contribution >= 4 is 11.7 Å². The van der Waals surface area contributed by atoms with E-state index in [1.54, 1.807) is 0 Å². The second-order valence-electron chi connectivity index (χ2n) is 8.43. The van der Waals surface area contributed by atoms with E-state index in [0.29, 0.717) is 25.1 Å². The van der Waals surface area contributed by atoms with Gasteiger partial charge in [0.25, 0.3) is 0 Å². The number of hydrogen-bond donors (Lipinski definition) is 0. The fourth-order valence-corrected chi connectivity index (χ4v) is 4.92. The van der Waals surface area contributed by atoms with Gasteiger partial charge in [0.1, 0.15) is 0 Å². The van der Waals surface area contributed by atoms with E-state index in [1.807, 2.05) is 41.3 Å². The van der Waals surface area contributed by atoms with Crippen LogP contribution < -0.4 is 0 Å². The molecule has 1 aliphatic heterocycles. The van der Waals surface area contributed by atoms with Crippen molar-refractivity contribution in [2.24, 2.45) is 0 Å². The summed E-state index contributed by atoms with van der Waals surface area (Å²) in [5, 5.41) is 0. The molecule has 1 saturated heterocycles. The van der Waals surface area contributed by atoms with Crippen molar-refractivity contribution < 1.29 is 9.59 Å². The highest BCUT2D eigenvalue weighted by atomic mass is 16.2. The van der Waals surface area contributed by atoms with Crippen molar-refractivity contribution in [3.63, 3.8) is 0 Å². The maximum absolute atomic E-state index is 13.5. The molecule has 0 spiro atoms. The van der Waals surface area contributed by atoms with E-state index in [0.717, 1.165) is 18.7 Å². The van der Waals surface area contributed by atoms with Crippen LogP contribution in [0.4, 0.5) is 0 Å². The predicted octanol–water partition coefficient (Wildman–Crippen LogP) is 4.44. The molecule has 2 aliphatic rings. The third-order valence-electron chi connectivity index (χ3n) is 6.54. The van der Waals surface area contributed by atoms with Crippen LogP contribution in [0.2, 0.25) is 0 Å². The largest absolute Gasteiger partial charge is 0.339 e. The van der Waals surface area contributed by atoms with E-state index in [9.17, 15) is 9.59 Å². The van der Waals surface area contributed by atoms with Crippen LogP contribution in [0.15, 0.2) is 84.9 Å². The van der Waals surface area contributed by atoms with Gasteiger partial charge in [0, 0.05) is 38.2 Å². The molecule has 5 rings (SSSR count). The highest BCUT2D eigenvalue weighted by Gasteiger charge is 2.39. The molecule has 1 fully saturated rings. The van der Waals surface area contributed by atoms with Gasteiger partial charge < -0.3 is 4.90 Å². The Hall–Kier alpha value is -3.24. The van der Waals surface area contributed by atoms with Gasteiger partial charge in [0.15, 0.2) is 5.78 Å². The number of amides is 1. The third kappa shape index (κ3) is 3.91. The number of carbonyl (C=O) groups is 2. The molecule has 0 unspecified atom stereocenters. The summed E-state index contributed by atoms with van der Waals surface area (Å²) in [7, 11) is 0. The number of nitrogens with zero attached hydrogens (tertiary/aromatic N) is 2. The van der Waals surface area contributed by atoms with Gasteiger partial charge in [0.2, 0.25) is 5.91 Å². The SMILES string of the molecule is O=C1C[C@@H](C(=O)N2CCN(Cc3ccccc3)[C@H](c3ccccc3)C2)c2ccccc21. The van der Waals surface area contributed by atoms with Gasteiger partial charge in [-0.15, -0.1) is 0 Å². The highest BCUT2D eigenvalue weighted by Crippen LogP contribution is 2.36. The Morgan fingerprint density at radius 1 is 0.839 bits per heavy atom. The van der Waals surface area contributed by atoms with E-state index in [4.69, 9.17) is 0 Å². The zero-order valence-electron chi connectivity index (χ0n) is 17.5. The number of ketones is 1. The summed E-state index contributed by atoms with van der Waals surface area (Å²) in [4.78, 5) is 30.4. The summed E-state index contributed by atoms with van der Waals surface area (Å²) in [6.45, 7) is 2.99. The Morgan fingerprint density at radius 3 is 2.29 bits per heavy atom. The van der Waals surface area contributed by atoms with Crippen molar-refractivity contribution in [1.82, 2.24) is 9.80 Å². The van der Waals surface area contributed by atoms with Gasteiger partial charge in [-0.3, -0.25) is 14.5 Å². The van der Waals surface area contributed by atoms with Crippen LogP contribution in [0.3, 0.4) is 0 Å². The second kappa shape index (κ2) is 8.48. The zero-order chi connectivity index (χ0) is 21.2. The van der Waals surface area contributed by atoms with Gasteiger partial charge in [-0.2, -0.15) is 0 Å². The van der Waals surface area contributed by atoms with Crippen LogP contribution >= 0.6 is 0 Å². The average Bonchev–Trinajstić information content (AvgIpc) is 3.17. The van der Waals surface area contributed by atoms with E-state index in [-0.39, 0.29) is 23.7 Å². The number of fused-ring (bicyclic) bond motifs is 1. The average molecular weight is 411 g/mol. The molecule has 1 aliphatic carbocycles. The topological polar surface area (TPSA) is 40.6 Å². The molecule has 1 amide bonds. The van der Waals surface area contributed by atoms with Crippen LogP contribution in [0.25, 0.3) is 0 Å². The Balaban J connectivity index is 1.39. The molecule has 156 valence electrons. The Labute approximate surface area is 183 Å². The first-order valence-corrected chi connectivity index (χ1v) is 10.9. The summed E-state index contributed by atoms with van der Waals surface area (Å²) in [6, 6.07) is 28.6. The first-order chi connectivity index (χ1) is 15.2. The molecular weight excluding hydrogens is 384 g/mol. The number of hydrogen-bond acceptors (Lipinski definition) is 3. The first-order valence-electron chi connectivity index (χ1n) is 10.9. The molecule has 3 aromatic carbocycles. The lowest BCUT2D eigenvalue weighted by Gasteiger charge is -2.42. The molecule has 0 aromatic heterocycles. The quantitative estimate of drug-likeness (QED) is 0.638. The first kappa shape index (κ1) is 19.7. The van der Waals surface area contributed by atoms with Crippen molar-refractivity contribution in [3.05, 3.63) is 107 Å². The highest BCUT2D eigenvalue weighted by molar-refractivity contribution is 6.06. The smallest absolute Gasteiger partial charge is 0.230 e. The fraction of sp³-hybridized carbons (Fsp3) is 0.259. The van der Waals surface area contributed by atoms with E-state index >= 15 is 0 Å². The van der Waals surface area contributed by atoms with Crippen LogP contribution in [0.1, 0.15) is 45.4 Å². The van der Waals surface area contributed by atoms with Gasteiger partial charge in [-0.25, -0.2) is 0 Å². The van der Waals surface area contributed by atoms with Crippen LogP contribution in [0, 0.1) is 0 Å². The Bertz CT molecular complexity index is 1080. The number of piperazine rings is 1. The molecule has 3 aromatic rings. The maximum Gasteiger partial charge on any atom is 0.230 e. The van der Waals surface area contributed by atoms with E-state index in [1.165, 1.54) is 11.1 Å². The van der Waals surface area contributed by atoms with Crippen LogP contribution in [-0.2, 0) is 11.3 Å². The lowest BCUT2D eigenvalue weighted by atomic mass is 9.97. The third-order valence-corrected chi connectivity index (χ3v) is 6.54. The fourth-order valence-electron chi connectivity index (χ4n) is 4.92. The minimum Gasteiger partial charge on any atom is -0.339 e. The minimum atomic E-state index is -0.346. The Kier molecular flexibility index (Phi) is 5.39. The standard InChI is InChI=1S/C27H26N2O2/c30-26-17-24(22-13-7-8-14-23(22)26)27(31)29-16-15-28(18-20-9-3-1-4-10-20)25(19-29)21-11-5-2-6-12-21/h1-14,24-25H,15-19H2/t24-,25+/m1/s1. The van der Waals surface area contributed by atoms with Gasteiger partial charge in [0.05, 0.1) is 12.0 Å². The molecule has 31 heavy (non-hydrogen) atoms. The minimum absolute atomic E-state index is 0.0799. The lowest BCUT2D eigenvalue weighted by molar-refractivity contribution is -0.136. The summed E-state index contributed by atoms with van der Waals surface area (Å²) in [5.41, 5.74) is 4.10. The van der Waals surface area contributed by atoms with Crippen molar-refractivity contribution in [1.29, 1.82) is 0 Å². The van der Waals surface area contributed by atoms with Crippen molar-refractivity contribution in [2.75, 3.05) is 19.6 Å². The van der Waals surface area contributed by atoms with E-state index < -0.39 is 0 Å². The van der Waals surface area contributed by atoms with Crippen LogP contribution in [0.5, 0.6) is 0 Å². The summed E-state index contributed by atoms with van der Waals surface area (Å²) >= 11 is 0. The van der Waals surface area contributed by atoms with Crippen LogP contribution in [-0.4, -0.2) is 41.1 Å².